The average molecular weight is 332 g/mol. The molecule has 1 aromatic heterocycles. The summed E-state index contributed by atoms with van der Waals surface area (Å²) in [6.07, 6.45) is 0. The summed E-state index contributed by atoms with van der Waals surface area (Å²) in [5, 5.41) is 4.18. The van der Waals surface area contributed by atoms with Gasteiger partial charge in [-0.2, -0.15) is 0 Å². The SMILES string of the molecule is COc1ccc2sc(C(=O)Nc3cccc(C)c3)c(Cl)c2c1. The molecule has 2 aromatic carbocycles. The van der Waals surface area contributed by atoms with Gasteiger partial charge in [-0.1, -0.05) is 23.7 Å². The second-order valence-electron chi connectivity index (χ2n) is 4.93. The second-order valence-corrected chi connectivity index (χ2v) is 6.36. The molecule has 0 atom stereocenters. The molecular formula is C17H14ClNO2S. The van der Waals surface area contributed by atoms with Crippen molar-refractivity contribution in [1.29, 1.82) is 0 Å². The van der Waals surface area contributed by atoms with E-state index in [9.17, 15) is 4.79 Å². The minimum atomic E-state index is -0.198. The van der Waals surface area contributed by atoms with Crippen LogP contribution < -0.4 is 10.1 Å². The third-order valence-electron chi connectivity index (χ3n) is 3.32. The zero-order chi connectivity index (χ0) is 15.7. The van der Waals surface area contributed by atoms with Gasteiger partial charge in [0, 0.05) is 15.8 Å². The molecule has 0 bridgehead atoms. The van der Waals surface area contributed by atoms with Crippen molar-refractivity contribution in [3.05, 3.63) is 57.9 Å². The molecule has 22 heavy (non-hydrogen) atoms. The highest BCUT2D eigenvalue weighted by atomic mass is 35.5. The number of hydrogen-bond donors (Lipinski definition) is 1. The van der Waals surface area contributed by atoms with Gasteiger partial charge in [0.1, 0.15) is 10.6 Å². The lowest BCUT2D eigenvalue weighted by molar-refractivity contribution is 0.103. The van der Waals surface area contributed by atoms with E-state index in [1.807, 2.05) is 49.4 Å². The summed E-state index contributed by atoms with van der Waals surface area (Å²) in [7, 11) is 1.60. The number of methoxy groups -OCH3 is 1. The number of amides is 1. The van der Waals surface area contributed by atoms with E-state index < -0.39 is 0 Å². The number of halogens is 1. The van der Waals surface area contributed by atoms with E-state index in [4.69, 9.17) is 16.3 Å². The van der Waals surface area contributed by atoms with Crippen LogP contribution in [-0.4, -0.2) is 13.0 Å². The summed E-state index contributed by atoms with van der Waals surface area (Å²) in [5.41, 5.74) is 1.85. The summed E-state index contributed by atoms with van der Waals surface area (Å²) < 4.78 is 6.16. The van der Waals surface area contributed by atoms with Gasteiger partial charge in [-0.3, -0.25) is 4.79 Å². The van der Waals surface area contributed by atoms with Crippen LogP contribution in [-0.2, 0) is 0 Å². The molecule has 112 valence electrons. The third kappa shape index (κ3) is 2.80. The maximum Gasteiger partial charge on any atom is 0.267 e. The third-order valence-corrected chi connectivity index (χ3v) is 4.99. The quantitative estimate of drug-likeness (QED) is 0.723. The smallest absolute Gasteiger partial charge is 0.267 e. The zero-order valence-corrected chi connectivity index (χ0v) is 13.7. The first-order valence-corrected chi connectivity index (χ1v) is 7.92. The van der Waals surface area contributed by atoms with E-state index in [2.05, 4.69) is 5.32 Å². The van der Waals surface area contributed by atoms with Gasteiger partial charge in [-0.05, 0) is 42.8 Å². The van der Waals surface area contributed by atoms with Gasteiger partial charge in [0.05, 0.1) is 12.1 Å². The number of ether oxygens (including phenoxy) is 1. The van der Waals surface area contributed by atoms with E-state index in [1.165, 1.54) is 11.3 Å². The molecule has 0 aliphatic carbocycles. The first-order chi connectivity index (χ1) is 10.6. The number of fused-ring (bicyclic) bond motifs is 1. The fourth-order valence-corrected chi connectivity index (χ4v) is 3.61. The van der Waals surface area contributed by atoms with E-state index in [-0.39, 0.29) is 5.91 Å². The van der Waals surface area contributed by atoms with Crippen molar-refractivity contribution in [3.8, 4) is 5.75 Å². The molecule has 0 unspecified atom stereocenters. The molecule has 0 radical (unpaired) electrons. The summed E-state index contributed by atoms with van der Waals surface area (Å²) in [6, 6.07) is 13.3. The minimum absolute atomic E-state index is 0.198. The molecule has 1 N–H and O–H groups in total. The van der Waals surface area contributed by atoms with Crippen molar-refractivity contribution >= 4 is 44.6 Å². The number of carbonyl (C=O) groups excluding carboxylic acids is 1. The Morgan fingerprint density at radius 2 is 2.05 bits per heavy atom. The molecule has 3 nitrogen and oxygen atoms in total. The molecule has 3 aromatic rings. The predicted molar refractivity (Wildman–Crippen MR) is 92.5 cm³/mol. The Balaban J connectivity index is 1.95. The lowest BCUT2D eigenvalue weighted by atomic mass is 10.2. The van der Waals surface area contributed by atoms with Crippen molar-refractivity contribution in [2.75, 3.05) is 12.4 Å². The molecule has 0 aliphatic rings. The number of hydrogen-bond acceptors (Lipinski definition) is 3. The Hall–Kier alpha value is -2.04. The first-order valence-electron chi connectivity index (χ1n) is 6.72. The van der Waals surface area contributed by atoms with E-state index >= 15 is 0 Å². The van der Waals surface area contributed by atoms with Crippen LogP contribution in [0, 0.1) is 6.92 Å². The molecule has 0 spiro atoms. The van der Waals surface area contributed by atoms with Gasteiger partial charge in [-0.15, -0.1) is 11.3 Å². The number of rotatable bonds is 3. The molecule has 1 amide bonds. The first kappa shape index (κ1) is 14.9. The largest absolute Gasteiger partial charge is 0.497 e. The van der Waals surface area contributed by atoms with Crippen molar-refractivity contribution in [1.82, 2.24) is 0 Å². The Kier molecular flexibility index (Phi) is 4.05. The average Bonchev–Trinajstić information content (AvgIpc) is 2.84. The van der Waals surface area contributed by atoms with Gasteiger partial charge in [0.25, 0.3) is 5.91 Å². The lowest BCUT2D eigenvalue weighted by Crippen LogP contribution is -2.10. The molecule has 1 heterocycles. The Bertz CT molecular complexity index is 857. The standard InChI is InChI=1S/C17H14ClNO2S/c1-10-4-3-5-11(8-10)19-17(20)16-15(18)13-9-12(21-2)6-7-14(13)22-16/h3-9H,1-2H3,(H,19,20). The predicted octanol–water partition coefficient (Wildman–Crippen LogP) is 5.12. The number of aryl methyl sites for hydroxylation is 1. The fraction of sp³-hybridized carbons (Fsp3) is 0.118. The summed E-state index contributed by atoms with van der Waals surface area (Å²) in [6.45, 7) is 1.98. The summed E-state index contributed by atoms with van der Waals surface area (Å²) >= 11 is 7.75. The maximum atomic E-state index is 12.5. The summed E-state index contributed by atoms with van der Waals surface area (Å²) in [4.78, 5) is 13.0. The highest BCUT2D eigenvalue weighted by molar-refractivity contribution is 7.21. The van der Waals surface area contributed by atoms with Gasteiger partial charge in [0.2, 0.25) is 0 Å². The minimum Gasteiger partial charge on any atom is -0.497 e. The number of nitrogens with one attached hydrogen (secondary N) is 1. The van der Waals surface area contributed by atoms with E-state index in [0.29, 0.717) is 9.90 Å². The molecule has 0 fully saturated rings. The normalized spacial score (nSPS) is 10.7. The Morgan fingerprint density at radius 1 is 1.23 bits per heavy atom. The zero-order valence-electron chi connectivity index (χ0n) is 12.1. The van der Waals surface area contributed by atoms with Crippen molar-refractivity contribution in [2.45, 2.75) is 6.92 Å². The van der Waals surface area contributed by atoms with Crippen LogP contribution in [0.5, 0.6) is 5.75 Å². The van der Waals surface area contributed by atoms with Gasteiger partial charge in [0.15, 0.2) is 0 Å². The van der Waals surface area contributed by atoms with Gasteiger partial charge >= 0.3 is 0 Å². The van der Waals surface area contributed by atoms with E-state index in [1.54, 1.807) is 7.11 Å². The van der Waals surface area contributed by atoms with Crippen LogP contribution in [0.2, 0.25) is 5.02 Å². The molecule has 0 saturated carbocycles. The highest BCUT2D eigenvalue weighted by Gasteiger charge is 2.17. The maximum absolute atomic E-state index is 12.5. The van der Waals surface area contributed by atoms with Crippen LogP contribution in [0.3, 0.4) is 0 Å². The van der Waals surface area contributed by atoms with E-state index in [0.717, 1.165) is 27.1 Å². The van der Waals surface area contributed by atoms with Gasteiger partial charge in [-0.25, -0.2) is 0 Å². The van der Waals surface area contributed by atoms with Crippen LogP contribution in [0.4, 0.5) is 5.69 Å². The van der Waals surface area contributed by atoms with Crippen molar-refractivity contribution < 1.29 is 9.53 Å². The van der Waals surface area contributed by atoms with Crippen LogP contribution in [0.1, 0.15) is 15.2 Å². The van der Waals surface area contributed by atoms with Crippen molar-refractivity contribution in [3.63, 3.8) is 0 Å². The number of thiophene rings is 1. The number of carbonyl (C=O) groups is 1. The van der Waals surface area contributed by atoms with Crippen LogP contribution in [0.25, 0.3) is 10.1 Å². The van der Waals surface area contributed by atoms with Crippen LogP contribution in [0.15, 0.2) is 42.5 Å². The second kappa shape index (κ2) is 5.99. The monoisotopic (exact) mass is 331 g/mol. The lowest BCUT2D eigenvalue weighted by Gasteiger charge is -2.04. The Morgan fingerprint density at radius 3 is 2.77 bits per heavy atom. The van der Waals surface area contributed by atoms with Crippen molar-refractivity contribution in [2.24, 2.45) is 0 Å². The molecule has 0 saturated heterocycles. The summed E-state index contributed by atoms with van der Waals surface area (Å²) in [5.74, 6) is 0.522. The van der Waals surface area contributed by atoms with Crippen LogP contribution >= 0.6 is 22.9 Å². The topological polar surface area (TPSA) is 38.3 Å². The number of benzene rings is 2. The highest BCUT2D eigenvalue weighted by Crippen LogP contribution is 2.37. The molecule has 5 heteroatoms. The Labute approximate surface area is 137 Å². The molecule has 3 rings (SSSR count). The molecular weight excluding hydrogens is 318 g/mol. The molecule has 0 aliphatic heterocycles. The fourth-order valence-electron chi connectivity index (χ4n) is 2.23. The van der Waals surface area contributed by atoms with Gasteiger partial charge < -0.3 is 10.1 Å². The number of anilines is 1.